The van der Waals surface area contributed by atoms with Crippen molar-refractivity contribution in [1.82, 2.24) is 4.98 Å². The summed E-state index contributed by atoms with van der Waals surface area (Å²) in [4.78, 5) is 29.6. The van der Waals surface area contributed by atoms with Gasteiger partial charge in [-0.3, -0.25) is 0 Å². The molecule has 0 aliphatic carbocycles. The zero-order valence-corrected chi connectivity index (χ0v) is 16.7. The lowest BCUT2D eigenvalue weighted by atomic mass is 10.1. The van der Waals surface area contributed by atoms with Crippen LogP contribution in [-0.2, 0) is 4.74 Å². The van der Waals surface area contributed by atoms with Gasteiger partial charge in [0, 0.05) is 0 Å². The van der Waals surface area contributed by atoms with E-state index in [9.17, 15) is 9.59 Å². The molecule has 2 rings (SSSR count). The first kappa shape index (κ1) is 20.4. The summed E-state index contributed by atoms with van der Waals surface area (Å²) in [6.45, 7) is 7.92. The molecule has 0 bridgehead atoms. The Hall–Kier alpha value is -1.89. The van der Waals surface area contributed by atoms with E-state index >= 15 is 0 Å². The highest BCUT2D eigenvalue weighted by Gasteiger charge is 2.22. The number of hydrogen-bond acceptors (Lipinski definition) is 7. The molecule has 0 aliphatic heterocycles. The van der Waals surface area contributed by atoms with Crippen LogP contribution in [0.5, 0.6) is 6.08 Å². The number of rotatable bonds is 10. The van der Waals surface area contributed by atoms with E-state index in [4.69, 9.17) is 13.9 Å². The molecule has 0 radical (unpaired) electrons. The molecule has 2 heterocycles. The van der Waals surface area contributed by atoms with E-state index in [-0.39, 0.29) is 12.2 Å². The summed E-state index contributed by atoms with van der Waals surface area (Å²) in [6.07, 6.45) is 6.52. The van der Waals surface area contributed by atoms with E-state index in [1.807, 2.05) is 13.8 Å². The van der Waals surface area contributed by atoms with E-state index in [0.717, 1.165) is 30.6 Å². The maximum atomic E-state index is 12.3. The second-order valence-corrected chi connectivity index (χ2v) is 7.57. The van der Waals surface area contributed by atoms with E-state index in [1.54, 1.807) is 6.92 Å². The minimum Gasteiger partial charge on any atom is -0.462 e. The number of hydrogen-bond donors (Lipinski definition) is 0. The van der Waals surface area contributed by atoms with Gasteiger partial charge in [-0.25, -0.2) is 9.59 Å². The number of fused-ring (bicyclic) bond motifs is 1. The van der Waals surface area contributed by atoms with Crippen LogP contribution in [0.1, 0.15) is 74.5 Å². The smallest absolute Gasteiger partial charge is 0.398 e. The van der Waals surface area contributed by atoms with Gasteiger partial charge in [-0.15, -0.1) is 11.3 Å². The largest absolute Gasteiger partial charge is 0.462 e. The van der Waals surface area contributed by atoms with E-state index in [2.05, 4.69) is 11.9 Å². The molecular formula is C19H27NO5S. The van der Waals surface area contributed by atoms with Gasteiger partial charge < -0.3 is 13.9 Å². The summed E-state index contributed by atoms with van der Waals surface area (Å²) in [5.74, 6) is -0.412. The third-order valence-electron chi connectivity index (χ3n) is 3.96. The molecule has 0 aliphatic rings. The molecule has 7 heteroatoms. The second kappa shape index (κ2) is 9.71. The summed E-state index contributed by atoms with van der Waals surface area (Å²) < 4.78 is 15.8. The Morgan fingerprint density at radius 3 is 2.58 bits per heavy atom. The number of thiophene rings is 1. The average molecular weight is 381 g/mol. The SMILES string of the molecule is CCCCCCCCOC(=O)c1sc2nc(OC(C)C)oc(=O)c2c1C. The Balaban J connectivity index is 2.02. The Labute approximate surface area is 157 Å². The molecule has 0 amide bonds. The normalized spacial score (nSPS) is 11.3. The minimum atomic E-state index is -0.547. The fourth-order valence-electron chi connectivity index (χ4n) is 2.61. The Bertz CT molecular complexity index is 793. The molecular weight excluding hydrogens is 354 g/mol. The number of aromatic nitrogens is 1. The third-order valence-corrected chi connectivity index (χ3v) is 5.12. The highest BCUT2D eigenvalue weighted by molar-refractivity contribution is 7.20. The Morgan fingerprint density at radius 2 is 1.88 bits per heavy atom. The van der Waals surface area contributed by atoms with Gasteiger partial charge in [0.2, 0.25) is 0 Å². The molecule has 0 unspecified atom stereocenters. The summed E-state index contributed by atoms with van der Waals surface area (Å²) >= 11 is 1.14. The maximum Gasteiger partial charge on any atom is 0.398 e. The van der Waals surface area contributed by atoms with E-state index in [1.165, 1.54) is 19.3 Å². The lowest BCUT2D eigenvalue weighted by Gasteiger charge is -2.05. The van der Waals surface area contributed by atoms with Gasteiger partial charge in [0.25, 0.3) is 0 Å². The van der Waals surface area contributed by atoms with Gasteiger partial charge in [-0.2, -0.15) is 4.98 Å². The molecule has 26 heavy (non-hydrogen) atoms. The predicted octanol–water partition coefficient (Wildman–Crippen LogP) is 4.86. The Kier molecular flexibility index (Phi) is 7.63. The van der Waals surface area contributed by atoms with Crippen molar-refractivity contribution in [3.05, 3.63) is 20.9 Å². The zero-order chi connectivity index (χ0) is 19.1. The first-order valence-electron chi connectivity index (χ1n) is 9.22. The fraction of sp³-hybridized carbons (Fsp3) is 0.632. The zero-order valence-electron chi connectivity index (χ0n) is 15.9. The van der Waals surface area contributed by atoms with Crippen molar-refractivity contribution < 1.29 is 18.7 Å². The van der Waals surface area contributed by atoms with Crippen molar-refractivity contribution in [3.63, 3.8) is 0 Å². The quantitative estimate of drug-likeness (QED) is 0.432. The summed E-state index contributed by atoms with van der Waals surface area (Å²) in [5.41, 5.74) is 0.00432. The number of ether oxygens (including phenoxy) is 2. The van der Waals surface area contributed by atoms with Crippen molar-refractivity contribution in [3.8, 4) is 6.08 Å². The van der Waals surface area contributed by atoms with Crippen molar-refractivity contribution in [1.29, 1.82) is 0 Å². The van der Waals surface area contributed by atoms with Crippen LogP contribution >= 0.6 is 11.3 Å². The standard InChI is InChI=1S/C19H27NO5S/c1-5-6-7-8-9-10-11-23-18(22)15-13(4)14-16(26-15)20-19(24-12(2)3)25-17(14)21/h12H,5-11H2,1-4H3. The van der Waals surface area contributed by atoms with Crippen molar-refractivity contribution in [2.75, 3.05) is 6.61 Å². The van der Waals surface area contributed by atoms with E-state index in [0.29, 0.717) is 27.3 Å². The molecule has 0 fully saturated rings. The van der Waals surface area contributed by atoms with Crippen molar-refractivity contribution in [2.24, 2.45) is 0 Å². The van der Waals surface area contributed by atoms with Gasteiger partial charge >= 0.3 is 17.7 Å². The number of nitrogens with zero attached hydrogens (tertiary/aromatic N) is 1. The highest BCUT2D eigenvalue weighted by atomic mass is 32.1. The van der Waals surface area contributed by atoms with Crippen LogP contribution in [0.4, 0.5) is 0 Å². The number of aryl methyl sites for hydroxylation is 1. The number of carbonyl (C=O) groups excluding carboxylic acids is 1. The number of carbonyl (C=O) groups is 1. The molecule has 0 saturated carbocycles. The van der Waals surface area contributed by atoms with Crippen molar-refractivity contribution >= 4 is 27.5 Å². The van der Waals surface area contributed by atoms with Gasteiger partial charge in [-0.1, -0.05) is 39.0 Å². The fourth-order valence-corrected chi connectivity index (χ4v) is 3.66. The molecule has 0 atom stereocenters. The van der Waals surface area contributed by atoms with Crippen LogP contribution in [0.15, 0.2) is 9.21 Å². The lowest BCUT2D eigenvalue weighted by molar-refractivity contribution is 0.0503. The van der Waals surface area contributed by atoms with Gasteiger partial charge in [0.15, 0.2) is 0 Å². The monoisotopic (exact) mass is 381 g/mol. The van der Waals surface area contributed by atoms with E-state index < -0.39 is 11.6 Å². The topological polar surface area (TPSA) is 78.6 Å². The molecule has 0 spiro atoms. The molecule has 0 saturated heterocycles. The molecule has 6 nitrogen and oxygen atoms in total. The third kappa shape index (κ3) is 5.30. The maximum absolute atomic E-state index is 12.3. The summed E-state index contributed by atoms with van der Waals surface area (Å²) in [7, 11) is 0. The first-order valence-corrected chi connectivity index (χ1v) is 10.0. The molecule has 2 aromatic heterocycles. The molecule has 2 aromatic rings. The van der Waals surface area contributed by atoms with Gasteiger partial charge in [0.05, 0.1) is 12.7 Å². The summed E-state index contributed by atoms with van der Waals surface area (Å²) in [5, 5.41) is 0.317. The number of unbranched alkanes of at least 4 members (excludes halogenated alkanes) is 5. The van der Waals surface area contributed by atoms with Crippen LogP contribution in [0, 0.1) is 6.92 Å². The second-order valence-electron chi connectivity index (χ2n) is 6.57. The highest BCUT2D eigenvalue weighted by Crippen LogP contribution is 2.29. The van der Waals surface area contributed by atoms with Crippen LogP contribution in [0.2, 0.25) is 0 Å². The first-order chi connectivity index (χ1) is 12.4. The molecule has 0 N–H and O–H groups in total. The summed E-state index contributed by atoms with van der Waals surface area (Å²) in [6, 6.07) is 0. The Morgan fingerprint density at radius 1 is 1.19 bits per heavy atom. The van der Waals surface area contributed by atoms with Crippen LogP contribution in [-0.4, -0.2) is 23.7 Å². The predicted molar refractivity (Wildman–Crippen MR) is 102 cm³/mol. The van der Waals surface area contributed by atoms with Crippen molar-refractivity contribution in [2.45, 2.75) is 72.3 Å². The van der Waals surface area contributed by atoms with Crippen LogP contribution < -0.4 is 10.4 Å². The molecule has 0 aromatic carbocycles. The lowest BCUT2D eigenvalue weighted by Crippen LogP contribution is -2.10. The van der Waals surface area contributed by atoms with Crippen LogP contribution in [0.25, 0.3) is 10.2 Å². The minimum absolute atomic E-state index is 0.0780. The van der Waals surface area contributed by atoms with Gasteiger partial charge in [-0.05, 0) is 32.8 Å². The number of esters is 1. The van der Waals surface area contributed by atoms with Crippen LogP contribution in [0.3, 0.4) is 0 Å². The van der Waals surface area contributed by atoms with Gasteiger partial charge in [0.1, 0.15) is 15.1 Å². The average Bonchev–Trinajstić information content (AvgIpc) is 2.90. The molecule has 144 valence electrons.